The highest BCUT2D eigenvalue weighted by Gasteiger charge is 2.16. The topological polar surface area (TPSA) is 20.3 Å². The van der Waals surface area contributed by atoms with E-state index in [0.29, 0.717) is 12.2 Å². The zero-order valence-electron chi connectivity index (χ0n) is 6.13. The number of hydrogen-bond acceptors (Lipinski definition) is 2. The Morgan fingerprint density at radius 1 is 1.70 bits per heavy atom. The molecule has 0 amide bonds. The minimum Gasteiger partial charge on any atom is -0.305 e. The fraction of sp³-hybridized carbons (Fsp3) is 0.625. The third kappa shape index (κ3) is 1.85. The molecule has 1 saturated heterocycles. The lowest BCUT2D eigenvalue weighted by Gasteiger charge is -2.03. The van der Waals surface area contributed by atoms with Crippen molar-refractivity contribution < 1.29 is 4.79 Å². The van der Waals surface area contributed by atoms with Crippen molar-refractivity contribution in [3.63, 3.8) is 0 Å². The molecule has 0 aromatic rings. The highest BCUT2D eigenvalue weighted by Crippen LogP contribution is 2.11. The molecule has 0 saturated carbocycles. The first-order valence-electron chi connectivity index (χ1n) is 3.46. The second-order valence-electron chi connectivity index (χ2n) is 2.65. The summed E-state index contributed by atoms with van der Waals surface area (Å²) in [6.45, 7) is 2.12. The smallest absolute Gasteiger partial charge is 0.192 e. The number of aldehydes is 1. The fourth-order valence-corrected chi connectivity index (χ4v) is 1.20. The van der Waals surface area contributed by atoms with Crippen molar-refractivity contribution in [1.82, 2.24) is 4.90 Å². The second-order valence-corrected chi connectivity index (χ2v) is 2.65. The van der Waals surface area contributed by atoms with E-state index in [1.54, 1.807) is 0 Å². The standard InChI is InChI=1S/C8H11NO/c1-9-5-4-8(7-9)3-2-6-10/h6,8H,4-5,7H2,1H3. The van der Waals surface area contributed by atoms with Crippen molar-refractivity contribution in [2.24, 2.45) is 5.92 Å². The maximum Gasteiger partial charge on any atom is 0.192 e. The first kappa shape index (κ1) is 7.30. The zero-order chi connectivity index (χ0) is 7.40. The molecule has 0 N–H and O–H groups in total. The van der Waals surface area contributed by atoms with Crippen molar-refractivity contribution in [3.8, 4) is 11.8 Å². The number of nitrogens with zero attached hydrogens (tertiary/aromatic N) is 1. The molecule has 1 aliphatic rings. The van der Waals surface area contributed by atoms with Crippen LogP contribution in [0.3, 0.4) is 0 Å². The Kier molecular flexibility index (Phi) is 2.47. The van der Waals surface area contributed by atoms with Gasteiger partial charge < -0.3 is 4.90 Å². The maximum atomic E-state index is 9.86. The van der Waals surface area contributed by atoms with Crippen LogP contribution in [0.1, 0.15) is 6.42 Å². The molecule has 0 aliphatic carbocycles. The van der Waals surface area contributed by atoms with Gasteiger partial charge in [0.15, 0.2) is 6.29 Å². The zero-order valence-corrected chi connectivity index (χ0v) is 6.13. The minimum atomic E-state index is 0.426. The van der Waals surface area contributed by atoms with E-state index in [1.165, 1.54) is 0 Å². The van der Waals surface area contributed by atoms with E-state index in [4.69, 9.17) is 0 Å². The Morgan fingerprint density at radius 3 is 3.00 bits per heavy atom. The van der Waals surface area contributed by atoms with Gasteiger partial charge in [-0.15, -0.1) is 0 Å². The van der Waals surface area contributed by atoms with Crippen LogP contribution in [0, 0.1) is 17.8 Å². The largest absolute Gasteiger partial charge is 0.305 e. The van der Waals surface area contributed by atoms with E-state index in [0.717, 1.165) is 19.5 Å². The van der Waals surface area contributed by atoms with Crippen LogP contribution >= 0.6 is 0 Å². The Bertz CT molecular complexity index is 177. The SMILES string of the molecule is CN1CCC(C#CC=O)C1. The molecule has 2 nitrogen and oxygen atoms in total. The van der Waals surface area contributed by atoms with E-state index in [9.17, 15) is 4.79 Å². The average Bonchev–Trinajstić information content (AvgIpc) is 2.31. The average molecular weight is 137 g/mol. The van der Waals surface area contributed by atoms with E-state index in [1.807, 2.05) is 0 Å². The normalized spacial score (nSPS) is 25.5. The first-order valence-corrected chi connectivity index (χ1v) is 3.46. The van der Waals surface area contributed by atoms with Crippen LogP contribution in [0.15, 0.2) is 0 Å². The van der Waals surface area contributed by atoms with Crippen molar-refractivity contribution in [1.29, 1.82) is 0 Å². The quantitative estimate of drug-likeness (QED) is 0.349. The molecule has 0 bridgehead atoms. The van der Waals surface area contributed by atoms with Crippen molar-refractivity contribution in [2.75, 3.05) is 20.1 Å². The molecule has 1 heterocycles. The van der Waals surface area contributed by atoms with Gasteiger partial charge in [-0.2, -0.15) is 0 Å². The fourth-order valence-electron chi connectivity index (χ4n) is 1.20. The molecule has 1 atom stereocenters. The molecule has 1 aliphatic heterocycles. The van der Waals surface area contributed by atoms with Crippen molar-refractivity contribution in [3.05, 3.63) is 0 Å². The molecule has 10 heavy (non-hydrogen) atoms. The van der Waals surface area contributed by atoms with E-state index < -0.39 is 0 Å². The molecule has 2 heteroatoms. The third-order valence-electron chi connectivity index (χ3n) is 1.74. The van der Waals surface area contributed by atoms with Crippen LogP contribution < -0.4 is 0 Å². The summed E-state index contributed by atoms with van der Waals surface area (Å²) in [7, 11) is 2.07. The van der Waals surface area contributed by atoms with Crippen molar-refractivity contribution in [2.45, 2.75) is 6.42 Å². The molecule has 54 valence electrons. The molecule has 1 fully saturated rings. The molecule has 1 unspecified atom stereocenters. The summed E-state index contributed by atoms with van der Waals surface area (Å²) >= 11 is 0. The van der Waals surface area contributed by atoms with Crippen LogP contribution in [-0.4, -0.2) is 31.3 Å². The second kappa shape index (κ2) is 3.38. The molecule has 0 radical (unpaired) electrons. The summed E-state index contributed by atoms with van der Waals surface area (Å²) in [5, 5.41) is 0. The van der Waals surface area contributed by atoms with Crippen LogP contribution in [0.2, 0.25) is 0 Å². The summed E-state index contributed by atoms with van der Waals surface area (Å²) in [4.78, 5) is 12.1. The highest BCUT2D eigenvalue weighted by molar-refractivity contribution is 5.72. The highest BCUT2D eigenvalue weighted by atomic mass is 16.1. The monoisotopic (exact) mass is 137 g/mol. The van der Waals surface area contributed by atoms with Gasteiger partial charge in [0.25, 0.3) is 0 Å². The lowest BCUT2D eigenvalue weighted by atomic mass is 10.1. The summed E-state index contributed by atoms with van der Waals surface area (Å²) in [6.07, 6.45) is 1.77. The van der Waals surface area contributed by atoms with Gasteiger partial charge in [0.05, 0.1) is 0 Å². The molecule has 1 rings (SSSR count). The van der Waals surface area contributed by atoms with Crippen LogP contribution in [0.4, 0.5) is 0 Å². The maximum absolute atomic E-state index is 9.86. The van der Waals surface area contributed by atoms with Gasteiger partial charge in [0, 0.05) is 12.5 Å². The molecule has 0 spiro atoms. The number of likely N-dealkylation sites (tertiary alicyclic amines) is 1. The molecular weight excluding hydrogens is 126 g/mol. The number of rotatable bonds is 0. The van der Waals surface area contributed by atoms with E-state index in [2.05, 4.69) is 23.8 Å². The van der Waals surface area contributed by atoms with Crippen LogP contribution in [0.5, 0.6) is 0 Å². The lowest BCUT2D eigenvalue weighted by molar-refractivity contribution is -0.103. The number of carbonyl (C=O) groups is 1. The van der Waals surface area contributed by atoms with Crippen LogP contribution in [0.25, 0.3) is 0 Å². The Morgan fingerprint density at radius 2 is 2.50 bits per heavy atom. The Balaban J connectivity index is 2.37. The minimum absolute atomic E-state index is 0.426. The van der Waals surface area contributed by atoms with Gasteiger partial charge in [-0.25, -0.2) is 0 Å². The molecular formula is C8H11NO. The Hall–Kier alpha value is -0.810. The van der Waals surface area contributed by atoms with Gasteiger partial charge in [-0.05, 0) is 25.9 Å². The van der Waals surface area contributed by atoms with Crippen molar-refractivity contribution >= 4 is 6.29 Å². The summed E-state index contributed by atoms with van der Waals surface area (Å²) in [5.74, 6) is 5.78. The predicted octanol–water partition coefficient (Wildman–Crippen LogP) is 0.140. The molecule has 0 aromatic heterocycles. The van der Waals surface area contributed by atoms with Gasteiger partial charge in [-0.1, -0.05) is 5.92 Å². The third-order valence-corrected chi connectivity index (χ3v) is 1.74. The van der Waals surface area contributed by atoms with E-state index in [-0.39, 0.29) is 0 Å². The summed E-state index contributed by atoms with van der Waals surface area (Å²) in [5.41, 5.74) is 0. The molecule has 0 aromatic carbocycles. The predicted molar refractivity (Wildman–Crippen MR) is 39.4 cm³/mol. The number of carbonyl (C=O) groups excluding carboxylic acids is 1. The van der Waals surface area contributed by atoms with Gasteiger partial charge in [0.2, 0.25) is 0 Å². The van der Waals surface area contributed by atoms with E-state index >= 15 is 0 Å². The van der Waals surface area contributed by atoms with Gasteiger partial charge in [-0.3, -0.25) is 4.79 Å². The Labute approximate surface area is 61.2 Å². The number of hydrogen-bond donors (Lipinski definition) is 0. The summed E-state index contributed by atoms with van der Waals surface area (Å²) in [6, 6.07) is 0. The lowest BCUT2D eigenvalue weighted by Crippen LogP contribution is -2.13. The van der Waals surface area contributed by atoms with Gasteiger partial charge in [0.1, 0.15) is 0 Å². The van der Waals surface area contributed by atoms with Crippen LogP contribution in [-0.2, 0) is 4.79 Å². The summed E-state index contributed by atoms with van der Waals surface area (Å²) < 4.78 is 0. The van der Waals surface area contributed by atoms with Gasteiger partial charge >= 0.3 is 0 Å². The first-order chi connectivity index (χ1) is 4.83.